The van der Waals surface area contributed by atoms with Crippen LogP contribution < -0.4 is 0 Å². The Labute approximate surface area is 107 Å². The van der Waals surface area contributed by atoms with Crippen molar-refractivity contribution in [1.82, 2.24) is 9.80 Å². The Morgan fingerprint density at radius 1 is 1.44 bits per heavy atom. The molecule has 2 atom stereocenters. The highest BCUT2D eigenvalue weighted by molar-refractivity contribution is 5.74. The molecule has 0 spiro atoms. The molecule has 1 aliphatic rings. The van der Waals surface area contributed by atoms with Gasteiger partial charge in [-0.25, -0.2) is 4.79 Å². The topological polar surface area (TPSA) is 81.1 Å². The summed E-state index contributed by atoms with van der Waals surface area (Å²) in [5.41, 5.74) is 0. The molecule has 1 fully saturated rings. The molecule has 1 saturated heterocycles. The number of piperidine rings is 1. The Kier molecular flexibility index (Phi) is 5.40. The van der Waals surface area contributed by atoms with Gasteiger partial charge in [0.05, 0.1) is 6.10 Å². The minimum absolute atomic E-state index is 0.0761. The first-order valence-corrected chi connectivity index (χ1v) is 6.31. The monoisotopic (exact) mass is 258 g/mol. The van der Waals surface area contributed by atoms with E-state index in [1.54, 1.807) is 16.8 Å². The standard InChI is InChI=1S/C12H22N2O4/c1-9-8-14(7-5-10(9)15)12(18)13(2)6-3-4-11(16)17/h9-10,15H,3-8H2,1-2H3,(H,16,17). The third-order valence-corrected chi connectivity index (χ3v) is 3.34. The molecule has 0 aromatic carbocycles. The first kappa shape index (κ1) is 14.8. The molecule has 2 unspecified atom stereocenters. The maximum Gasteiger partial charge on any atom is 0.319 e. The highest BCUT2D eigenvalue weighted by Crippen LogP contribution is 2.17. The molecule has 6 heteroatoms. The molecular formula is C12H22N2O4. The van der Waals surface area contributed by atoms with E-state index in [0.717, 1.165) is 0 Å². The van der Waals surface area contributed by atoms with E-state index in [9.17, 15) is 14.7 Å². The van der Waals surface area contributed by atoms with E-state index >= 15 is 0 Å². The molecular weight excluding hydrogens is 236 g/mol. The third kappa shape index (κ3) is 4.18. The first-order valence-electron chi connectivity index (χ1n) is 6.31. The molecule has 18 heavy (non-hydrogen) atoms. The molecule has 2 N–H and O–H groups in total. The smallest absolute Gasteiger partial charge is 0.319 e. The van der Waals surface area contributed by atoms with Gasteiger partial charge in [-0.05, 0) is 18.8 Å². The molecule has 0 radical (unpaired) electrons. The Balaban J connectivity index is 2.36. The predicted molar refractivity (Wildman–Crippen MR) is 66.3 cm³/mol. The van der Waals surface area contributed by atoms with Crippen molar-refractivity contribution in [2.45, 2.75) is 32.3 Å². The number of nitrogens with zero attached hydrogens (tertiary/aromatic N) is 2. The average Bonchev–Trinajstić information content (AvgIpc) is 2.31. The molecule has 1 rings (SSSR count). The zero-order valence-corrected chi connectivity index (χ0v) is 11.0. The van der Waals surface area contributed by atoms with Gasteiger partial charge in [0.2, 0.25) is 0 Å². The number of aliphatic carboxylic acids is 1. The SMILES string of the molecule is CC1CN(C(=O)N(C)CCCC(=O)O)CCC1O. The number of carbonyl (C=O) groups is 2. The lowest BCUT2D eigenvalue weighted by Gasteiger charge is -2.36. The molecule has 1 heterocycles. The molecule has 2 amide bonds. The van der Waals surface area contributed by atoms with Gasteiger partial charge in [-0.2, -0.15) is 0 Å². The van der Waals surface area contributed by atoms with Crippen LogP contribution in [0, 0.1) is 5.92 Å². The van der Waals surface area contributed by atoms with Crippen LogP contribution in [0.2, 0.25) is 0 Å². The minimum atomic E-state index is -0.842. The normalized spacial score (nSPS) is 23.8. The van der Waals surface area contributed by atoms with E-state index in [2.05, 4.69) is 0 Å². The molecule has 104 valence electrons. The average molecular weight is 258 g/mol. The molecule has 0 saturated carbocycles. The minimum Gasteiger partial charge on any atom is -0.481 e. The summed E-state index contributed by atoms with van der Waals surface area (Å²) < 4.78 is 0. The van der Waals surface area contributed by atoms with Crippen molar-refractivity contribution in [1.29, 1.82) is 0 Å². The fourth-order valence-electron chi connectivity index (χ4n) is 2.11. The number of hydrogen-bond donors (Lipinski definition) is 2. The summed E-state index contributed by atoms with van der Waals surface area (Å²) in [5, 5.41) is 18.1. The van der Waals surface area contributed by atoms with E-state index in [1.165, 1.54) is 0 Å². The number of urea groups is 1. The summed E-state index contributed by atoms with van der Waals surface area (Å²) >= 11 is 0. The summed E-state index contributed by atoms with van der Waals surface area (Å²) in [6.45, 7) is 3.49. The van der Waals surface area contributed by atoms with Crippen LogP contribution in [0.15, 0.2) is 0 Å². The highest BCUT2D eigenvalue weighted by Gasteiger charge is 2.28. The van der Waals surface area contributed by atoms with Gasteiger partial charge in [-0.3, -0.25) is 4.79 Å². The Morgan fingerprint density at radius 3 is 2.67 bits per heavy atom. The van der Waals surface area contributed by atoms with Crippen LogP contribution in [0.25, 0.3) is 0 Å². The number of hydrogen-bond acceptors (Lipinski definition) is 3. The second kappa shape index (κ2) is 6.58. The summed E-state index contributed by atoms with van der Waals surface area (Å²) in [6.07, 6.45) is 0.818. The number of rotatable bonds is 4. The summed E-state index contributed by atoms with van der Waals surface area (Å²) in [7, 11) is 1.68. The van der Waals surface area contributed by atoms with Crippen LogP contribution in [0.1, 0.15) is 26.2 Å². The second-order valence-corrected chi connectivity index (χ2v) is 4.98. The summed E-state index contributed by atoms with van der Waals surface area (Å²) in [6, 6.07) is -0.0841. The summed E-state index contributed by atoms with van der Waals surface area (Å²) in [4.78, 5) is 25.7. The highest BCUT2D eigenvalue weighted by atomic mass is 16.4. The maximum absolute atomic E-state index is 12.0. The van der Waals surface area contributed by atoms with Crippen molar-refractivity contribution >= 4 is 12.0 Å². The van der Waals surface area contributed by atoms with E-state index in [1.807, 2.05) is 6.92 Å². The lowest BCUT2D eigenvalue weighted by atomic mass is 9.97. The number of carbonyl (C=O) groups excluding carboxylic acids is 1. The van der Waals surface area contributed by atoms with E-state index in [-0.39, 0.29) is 24.5 Å². The summed E-state index contributed by atoms with van der Waals surface area (Å²) in [5.74, 6) is -0.749. The van der Waals surface area contributed by atoms with Crippen molar-refractivity contribution in [2.75, 3.05) is 26.7 Å². The fourth-order valence-corrected chi connectivity index (χ4v) is 2.11. The quantitative estimate of drug-likeness (QED) is 0.774. The first-order chi connectivity index (χ1) is 8.41. The fraction of sp³-hybridized carbons (Fsp3) is 0.833. The Bertz CT molecular complexity index is 308. The Morgan fingerprint density at radius 2 is 2.11 bits per heavy atom. The molecule has 0 bridgehead atoms. The number of carboxylic acid groups (broad SMARTS) is 1. The van der Waals surface area contributed by atoms with Gasteiger partial charge in [-0.15, -0.1) is 0 Å². The molecule has 0 aromatic heterocycles. The number of aliphatic hydroxyl groups excluding tert-OH is 1. The number of aliphatic hydroxyl groups is 1. The van der Waals surface area contributed by atoms with Gasteiger partial charge < -0.3 is 20.0 Å². The van der Waals surface area contributed by atoms with Crippen LogP contribution >= 0.6 is 0 Å². The van der Waals surface area contributed by atoms with Crippen LogP contribution in [0.3, 0.4) is 0 Å². The van der Waals surface area contributed by atoms with Gasteiger partial charge in [0.25, 0.3) is 0 Å². The van der Waals surface area contributed by atoms with Gasteiger partial charge in [0, 0.05) is 33.1 Å². The Hall–Kier alpha value is -1.30. The van der Waals surface area contributed by atoms with Crippen molar-refractivity contribution < 1.29 is 19.8 Å². The zero-order valence-electron chi connectivity index (χ0n) is 11.0. The van der Waals surface area contributed by atoms with Crippen molar-refractivity contribution in [3.05, 3.63) is 0 Å². The number of likely N-dealkylation sites (tertiary alicyclic amines) is 1. The third-order valence-electron chi connectivity index (χ3n) is 3.34. The van der Waals surface area contributed by atoms with Crippen molar-refractivity contribution in [3.8, 4) is 0 Å². The zero-order chi connectivity index (χ0) is 13.7. The van der Waals surface area contributed by atoms with E-state index in [0.29, 0.717) is 32.5 Å². The number of amides is 2. The van der Waals surface area contributed by atoms with Crippen LogP contribution in [0.4, 0.5) is 4.79 Å². The second-order valence-electron chi connectivity index (χ2n) is 4.98. The lowest BCUT2D eigenvalue weighted by Crippen LogP contribution is -2.49. The van der Waals surface area contributed by atoms with Crippen LogP contribution in [-0.2, 0) is 4.79 Å². The van der Waals surface area contributed by atoms with Crippen molar-refractivity contribution in [3.63, 3.8) is 0 Å². The lowest BCUT2D eigenvalue weighted by molar-refractivity contribution is -0.137. The van der Waals surface area contributed by atoms with Gasteiger partial charge in [0.1, 0.15) is 0 Å². The van der Waals surface area contributed by atoms with E-state index in [4.69, 9.17) is 5.11 Å². The van der Waals surface area contributed by atoms with Gasteiger partial charge >= 0.3 is 12.0 Å². The number of carboxylic acids is 1. The van der Waals surface area contributed by atoms with Crippen LogP contribution in [-0.4, -0.2) is 64.8 Å². The predicted octanol–water partition coefficient (Wildman–Crippen LogP) is 0.606. The molecule has 1 aliphatic heterocycles. The largest absolute Gasteiger partial charge is 0.481 e. The maximum atomic E-state index is 12.0. The molecule has 0 aliphatic carbocycles. The van der Waals surface area contributed by atoms with Crippen LogP contribution in [0.5, 0.6) is 0 Å². The molecule has 6 nitrogen and oxygen atoms in total. The van der Waals surface area contributed by atoms with Gasteiger partial charge in [0.15, 0.2) is 0 Å². The van der Waals surface area contributed by atoms with Gasteiger partial charge in [-0.1, -0.05) is 6.92 Å². The van der Waals surface area contributed by atoms with Crippen molar-refractivity contribution in [2.24, 2.45) is 5.92 Å². The van der Waals surface area contributed by atoms with E-state index < -0.39 is 5.97 Å². The molecule has 0 aromatic rings.